The molecule has 7 nitrogen and oxygen atoms in total. The van der Waals surface area contributed by atoms with Crippen LogP contribution in [-0.4, -0.2) is 51.5 Å². The molecule has 2 atom stereocenters. The topological polar surface area (TPSA) is 98.7 Å². The van der Waals surface area contributed by atoms with Gasteiger partial charge in [-0.15, -0.1) is 34.4 Å². The van der Waals surface area contributed by atoms with E-state index in [1.165, 1.54) is 26.1 Å². The minimum atomic E-state index is -1.11. The lowest BCUT2D eigenvalue weighted by Crippen LogP contribution is -2.70. The molecule has 1 saturated heterocycles. The minimum absolute atomic E-state index is 0.0426. The number of thioether (sulfide) groups is 1. The first-order chi connectivity index (χ1) is 12.5. The second kappa shape index (κ2) is 6.60. The fraction of sp³-hybridized carbons (Fsp3) is 0.312. The molecule has 136 valence electrons. The molecule has 2 aromatic heterocycles. The Labute approximate surface area is 161 Å². The van der Waals surface area contributed by atoms with Crippen molar-refractivity contribution in [1.29, 1.82) is 0 Å². The molecule has 0 saturated carbocycles. The third kappa shape index (κ3) is 2.87. The molecule has 26 heavy (non-hydrogen) atoms. The lowest BCUT2D eigenvalue weighted by molar-refractivity contribution is -0.150. The predicted octanol–water partition coefficient (Wildman–Crippen LogP) is 2.13. The summed E-state index contributed by atoms with van der Waals surface area (Å²) < 4.78 is 2.34. The lowest BCUT2D eigenvalue weighted by Gasteiger charge is -2.49. The SMILES string of the molecule is CC1=C(C(=O)O)N2C(=O)C(NC(=O)CNc3cc4sccc4s3)[C@H]2SC1. The molecule has 2 aromatic rings. The van der Waals surface area contributed by atoms with Gasteiger partial charge in [-0.25, -0.2) is 4.79 Å². The van der Waals surface area contributed by atoms with Crippen molar-refractivity contribution in [2.45, 2.75) is 18.3 Å². The first-order valence-electron chi connectivity index (χ1n) is 7.83. The average Bonchev–Trinajstić information content (AvgIpc) is 3.18. The van der Waals surface area contributed by atoms with Crippen LogP contribution in [0.3, 0.4) is 0 Å². The summed E-state index contributed by atoms with van der Waals surface area (Å²) in [6, 6.07) is 3.36. The van der Waals surface area contributed by atoms with Gasteiger partial charge in [-0.2, -0.15) is 0 Å². The Morgan fingerprint density at radius 3 is 2.92 bits per heavy atom. The molecule has 1 fully saturated rings. The number of carbonyl (C=O) groups is 3. The smallest absolute Gasteiger partial charge is 0.352 e. The molecule has 0 bridgehead atoms. The summed E-state index contributed by atoms with van der Waals surface area (Å²) in [5.41, 5.74) is 0.706. The fourth-order valence-electron chi connectivity index (χ4n) is 3.02. The molecule has 0 aliphatic carbocycles. The zero-order valence-electron chi connectivity index (χ0n) is 13.6. The van der Waals surface area contributed by atoms with Gasteiger partial charge in [0.15, 0.2) is 0 Å². The molecular weight excluding hydrogens is 394 g/mol. The number of amides is 2. The highest BCUT2D eigenvalue weighted by Gasteiger charge is 2.53. The van der Waals surface area contributed by atoms with Crippen LogP contribution in [0.15, 0.2) is 28.8 Å². The standard InChI is InChI=1S/C16H15N3O4S3/c1-7-6-25-15-12(14(21)19(15)13(7)16(22)23)18-10(20)5-17-11-4-9-8(26-11)2-3-24-9/h2-4,12,15,17H,5-6H2,1H3,(H,18,20)(H,22,23)/t12?,15-/m1/s1. The highest BCUT2D eigenvalue weighted by Crippen LogP contribution is 2.40. The van der Waals surface area contributed by atoms with E-state index in [-0.39, 0.29) is 29.4 Å². The summed E-state index contributed by atoms with van der Waals surface area (Å²) in [4.78, 5) is 37.2. The second-order valence-electron chi connectivity index (χ2n) is 6.00. The molecule has 2 amide bonds. The average molecular weight is 410 g/mol. The van der Waals surface area contributed by atoms with E-state index in [9.17, 15) is 19.5 Å². The summed E-state index contributed by atoms with van der Waals surface area (Å²) in [6.45, 7) is 1.78. The van der Waals surface area contributed by atoms with Gasteiger partial charge >= 0.3 is 5.97 Å². The predicted molar refractivity (Wildman–Crippen MR) is 104 cm³/mol. The molecule has 3 N–H and O–H groups in total. The zero-order valence-corrected chi connectivity index (χ0v) is 16.1. The van der Waals surface area contributed by atoms with Gasteiger partial charge in [0, 0.05) is 15.2 Å². The highest BCUT2D eigenvalue weighted by molar-refractivity contribution is 8.00. The van der Waals surface area contributed by atoms with Crippen molar-refractivity contribution in [2.24, 2.45) is 0 Å². The van der Waals surface area contributed by atoms with Crippen molar-refractivity contribution in [3.8, 4) is 0 Å². The Balaban J connectivity index is 1.36. The van der Waals surface area contributed by atoms with E-state index in [1.54, 1.807) is 29.6 Å². The van der Waals surface area contributed by atoms with Crippen LogP contribution in [0.1, 0.15) is 6.92 Å². The fourth-order valence-corrected chi connectivity index (χ4v) is 6.32. The quantitative estimate of drug-likeness (QED) is 0.655. The highest BCUT2D eigenvalue weighted by atomic mass is 32.2. The van der Waals surface area contributed by atoms with Crippen molar-refractivity contribution in [1.82, 2.24) is 10.2 Å². The number of β-lactam (4-membered cyclic amide) rings is 1. The maximum atomic E-state index is 12.3. The second-order valence-corrected chi connectivity index (χ2v) is 9.14. The van der Waals surface area contributed by atoms with E-state index in [0.29, 0.717) is 11.3 Å². The van der Waals surface area contributed by atoms with E-state index >= 15 is 0 Å². The molecule has 4 rings (SSSR count). The van der Waals surface area contributed by atoms with Gasteiger partial charge < -0.3 is 15.7 Å². The van der Waals surface area contributed by atoms with Gasteiger partial charge in [-0.3, -0.25) is 14.5 Å². The summed E-state index contributed by atoms with van der Waals surface area (Å²) in [5, 5.41) is 17.7. The van der Waals surface area contributed by atoms with Crippen LogP contribution >= 0.6 is 34.4 Å². The van der Waals surface area contributed by atoms with Crippen LogP contribution in [0.25, 0.3) is 9.40 Å². The van der Waals surface area contributed by atoms with Gasteiger partial charge in [0.2, 0.25) is 5.91 Å². The van der Waals surface area contributed by atoms with Crippen molar-refractivity contribution >= 4 is 66.6 Å². The molecule has 2 aliphatic rings. The van der Waals surface area contributed by atoms with Gasteiger partial charge in [-0.05, 0) is 30.0 Å². The number of hydrogen-bond acceptors (Lipinski definition) is 7. The van der Waals surface area contributed by atoms with E-state index < -0.39 is 12.0 Å². The zero-order chi connectivity index (χ0) is 18.4. The number of fused-ring (bicyclic) bond motifs is 2. The Morgan fingerprint density at radius 2 is 2.19 bits per heavy atom. The molecule has 1 unspecified atom stereocenters. The number of carboxylic acids is 1. The van der Waals surface area contributed by atoms with Gasteiger partial charge in [0.05, 0.1) is 11.5 Å². The third-order valence-corrected chi connectivity index (χ3v) is 7.72. The van der Waals surface area contributed by atoms with Gasteiger partial charge in [-0.1, -0.05) is 0 Å². The van der Waals surface area contributed by atoms with E-state index in [1.807, 2.05) is 17.5 Å². The Hall–Kier alpha value is -2.04. The molecule has 0 spiro atoms. The van der Waals surface area contributed by atoms with Crippen LogP contribution in [0.4, 0.5) is 5.00 Å². The third-order valence-electron chi connectivity index (χ3n) is 4.24. The summed E-state index contributed by atoms with van der Waals surface area (Å²) in [5.74, 6) is -1.23. The van der Waals surface area contributed by atoms with Crippen molar-refractivity contribution in [2.75, 3.05) is 17.6 Å². The first-order valence-corrected chi connectivity index (χ1v) is 10.6. The number of nitrogens with one attached hydrogen (secondary N) is 2. The van der Waals surface area contributed by atoms with Crippen molar-refractivity contribution in [3.63, 3.8) is 0 Å². The van der Waals surface area contributed by atoms with E-state index in [4.69, 9.17) is 0 Å². The Kier molecular flexibility index (Phi) is 4.41. The van der Waals surface area contributed by atoms with Crippen LogP contribution in [-0.2, 0) is 14.4 Å². The summed E-state index contributed by atoms with van der Waals surface area (Å²) in [6.07, 6.45) is 0. The number of nitrogens with zero attached hydrogens (tertiary/aromatic N) is 1. The minimum Gasteiger partial charge on any atom is -0.477 e. The van der Waals surface area contributed by atoms with Gasteiger partial charge in [0.25, 0.3) is 5.91 Å². The Bertz CT molecular complexity index is 919. The van der Waals surface area contributed by atoms with Crippen LogP contribution in [0.2, 0.25) is 0 Å². The summed E-state index contributed by atoms with van der Waals surface area (Å²) in [7, 11) is 0. The number of carboxylic acid groups (broad SMARTS) is 1. The molecule has 2 aliphatic heterocycles. The van der Waals surface area contributed by atoms with Crippen LogP contribution in [0, 0.1) is 0 Å². The van der Waals surface area contributed by atoms with E-state index in [0.717, 1.165) is 5.00 Å². The summed E-state index contributed by atoms with van der Waals surface area (Å²) >= 11 is 4.69. The van der Waals surface area contributed by atoms with Crippen LogP contribution < -0.4 is 10.6 Å². The van der Waals surface area contributed by atoms with Crippen molar-refractivity contribution in [3.05, 3.63) is 28.8 Å². The number of aliphatic carboxylic acids is 1. The monoisotopic (exact) mass is 409 g/mol. The van der Waals surface area contributed by atoms with E-state index in [2.05, 4.69) is 10.6 Å². The molecule has 10 heteroatoms. The van der Waals surface area contributed by atoms with Gasteiger partial charge in [0.1, 0.15) is 17.1 Å². The number of thiophene rings is 2. The number of anilines is 1. The molecular formula is C16H15N3O4S3. The lowest BCUT2D eigenvalue weighted by atomic mass is 10.0. The number of hydrogen-bond donors (Lipinski definition) is 3. The first kappa shape index (κ1) is 17.4. The Morgan fingerprint density at radius 1 is 1.38 bits per heavy atom. The largest absolute Gasteiger partial charge is 0.477 e. The molecule has 4 heterocycles. The number of rotatable bonds is 5. The normalized spacial score (nSPS) is 22.2. The molecule has 0 aromatic carbocycles. The maximum absolute atomic E-state index is 12.3. The molecule has 0 radical (unpaired) electrons. The maximum Gasteiger partial charge on any atom is 0.352 e. The number of carbonyl (C=O) groups excluding carboxylic acids is 2. The van der Waals surface area contributed by atoms with Crippen molar-refractivity contribution < 1.29 is 19.5 Å². The van der Waals surface area contributed by atoms with Crippen LogP contribution in [0.5, 0.6) is 0 Å².